The van der Waals surface area contributed by atoms with Gasteiger partial charge in [0, 0.05) is 39.1 Å². The summed E-state index contributed by atoms with van der Waals surface area (Å²) in [6, 6.07) is 2.57. The zero-order chi connectivity index (χ0) is 15.6. The molecule has 0 spiro atoms. The predicted octanol–water partition coefficient (Wildman–Crippen LogP) is 2.27. The minimum absolute atomic E-state index is 0.189. The fourth-order valence-corrected chi connectivity index (χ4v) is 2.76. The summed E-state index contributed by atoms with van der Waals surface area (Å²) in [7, 11) is 0. The number of alkyl halides is 3. The summed E-state index contributed by atoms with van der Waals surface area (Å²) in [6.45, 7) is 4.19. The Labute approximate surface area is 127 Å². The van der Waals surface area contributed by atoms with E-state index < -0.39 is 11.7 Å². The predicted molar refractivity (Wildman–Crippen MR) is 75.2 cm³/mol. The summed E-state index contributed by atoms with van der Waals surface area (Å²) in [5.74, 6) is 0.601. The van der Waals surface area contributed by atoms with Crippen molar-refractivity contribution in [2.45, 2.75) is 19.1 Å². The van der Waals surface area contributed by atoms with E-state index in [0.717, 1.165) is 32.2 Å². The van der Waals surface area contributed by atoms with Crippen LogP contribution >= 0.6 is 0 Å². The molecule has 0 saturated carbocycles. The maximum atomic E-state index is 13.3. The summed E-state index contributed by atoms with van der Waals surface area (Å²) < 4.78 is 50.9. The third kappa shape index (κ3) is 3.47. The molecule has 122 valence electrons. The van der Waals surface area contributed by atoms with Crippen LogP contribution in [0.25, 0.3) is 0 Å². The van der Waals surface area contributed by atoms with E-state index in [9.17, 15) is 13.2 Å². The van der Waals surface area contributed by atoms with Crippen molar-refractivity contribution in [1.29, 1.82) is 0 Å². The van der Waals surface area contributed by atoms with E-state index in [1.54, 1.807) is 0 Å². The van der Waals surface area contributed by atoms with E-state index in [1.807, 2.05) is 4.90 Å². The number of ether oxygens (including phenoxy) is 2. The number of rotatable bonds is 2. The van der Waals surface area contributed by atoms with Gasteiger partial charge < -0.3 is 14.8 Å². The number of hydrogen-bond acceptors (Lipinski definition) is 4. The van der Waals surface area contributed by atoms with Crippen molar-refractivity contribution < 1.29 is 22.6 Å². The quantitative estimate of drug-likeness (QED) is 0.907. The number of hydrogen-bond donors (Lipinski definition) is 1. The molecule has 4 nitrogen and oxygen atoms in total. The number of nitrogens with zero attached hydrogens (tertiary/aromatic N) is 1. The van der Waals surface area contributed by atoms with Crippen LogP contribution in [0.4, 0.5) is 13.2 Å². The highest BCUT2D eigenvalue weighted by atomic mass is 19.4. The molecule has 7 heteroatoms. The number of nitrogens with one attached hydrogen (secondary N) is 1. The first-order valence-corrected chi connectivity index (χ1v) is 7.47. The second kappa shape index (κ2) is 6.34. The average Bonchev–Trinajstić information content (AvgIpc) is 2.71. The van der Waals surface area contributed by atoms with Gasteiger partial charge in [-0.3, -0.25) is 4.90 Å². The second-order valence-corrected chi connectivity index (χ2v) is 5.53. The van der Waals surface area contributed by atoms with Crippen molar-refractivity contribution in [2.24, 2.45) is 0 Å². The topological polar surface area (TPSA) is 33.7 Å². The minimum atomic E-state index is -4.39. The van der Waals surface area contributed by atoms with Gasteiger partial charge in [0.1, 0.15) is 0 Å². The smallest absolute Gasteiger partial charge is 0.416 e. The molecule has 0 aliphatic carbocycles. The van der Waals surface area contributed by atoms with Crippen molar-refractivity contribution in [1.82, 2.24) is 10.2 Å². The normalized spacial score (nSPS) is 19.8. The maximum Gasteiger partial charge on any atom is 0.416 e. The molecule has 0 unspecified atom stereocenters. The fourth-order valence-electron chi connectivity index (χ4n) is 2.76. The molecule has 1 aromatic carbocycles. The number of benzene rings is 1. The fraction of sp³-hybridized carbons (Fsp3) is 0.600. The Morgan fingerprint density at radius 2 is 1.68 bits per heavy atom. The van der Waals surface area contributed by atoms with Crippen LogP contribution in [0.2, 0.25) is 0 Å². The third-order valence-corrected chi connectivity index (χ3v) is 3.88. The molecule has 0 bridgehead atoms. The van der Waals surface area contributed by atoms with Gasteiger partial charge in [-0.15, -0.1) is 0 Å². The lowest BCUT2D eigenvalue weighted by molar-refractivity contribution is -0.138. The highest BCUT2D eigenvalue weighted by molar-refractivity contribution is 5.49. The van der Waals surface area contributed by atoms with E-state index in [-0.39, 0.29) is 17.9 Å². The molecule has 1 fully saturated rings. The van der Waals surface area contributed by atoms with Crippen LogP contribution in [-0.4, -0.2) is 44.3 Å². The zero-order valence-corrected chi connectivity index (χ0v) is 12.2. The van der Waals surface area contributed by atoms with Crippen LogP contribution in [-0.2, 0) is 12.7 Å². The van der Waals surface area contributed by atoms with Crippen molar-refractivity contribution in [3.63, 3.8) is 0 Å². The Kier molecular flexibility index (Phi) is 4.44. The summed E-state index contributed by atoms with van der Waals surface area (Å²) in [4.78, 5) is 2.02. The van der Waals surface area contributed by atoms with E-state index >= 15 is 0 Å². The number of halogens is 3. The molecule has 1 saturated heterocycles. The van der Waals surface area contributed by atoms with Crippen LogP contribution in [0.3, 0.4) is 0 Å². The lowest BCUT2D eigenvalue weighted by atomic mass is 10.0. The molecule has 0 radical (unpaired) electrons. The van der Waals surface area contributed by atoms with Crippen molar-refractivity contribution >= 4 is 0 Å². The Hall–Kier alpha value is -1.47. The Bertz CT molecular complexity index is 528. The van der Waals surface area contributed by atoms with Crippen LogP contribution in [0.1, 0.15) is 17.5 Å². The molecule has 2 aliphatic heterocycles. The molecule has 1 N–H and O–H groups in total. The first-order chi connectivity index (χ1) is 10.5. The lowest BCUT2D eigenvalue weighted by Crippen LogP contribution is -2.43. The number of piperazine rings is 1. The van der Waals surface area contributed by atoms with Gasteiger partial charge in [0.2, 0.25) is 0 Å². The third-order valence-electron chi connectivity index (χ3n) is 3.88. The molecule has 0 aromatic heterocycles. The van der Waals surface area contributed by atoms with Gasteiger partial charge >= 0.3 is 6.18 Å². The lowest BCUT2D eigenvalue weighted by Gasteiger charge is -2.28. The molecule has 2 aliphatic rings. The van der Waals surface area contributed by atoms with Gasteiger partial charge in [0.05, 0.1) is 18.8 Å². The van der Waals surface area contributed by atoms with Gasteiger partial charge in [-0.05, 0) is 17.7 Å². The molecule has 22 heavy (non-hydrogen) atoms. The van der Waals surface area contributed by atoms with Gasteiger partial charge in [0.15, 0.2) is 11.5 Å². The van der Waals surface area contributed by atoms with Gasteiger partial charge in [0.25, 0.3) is 0 Å². The number of fused-ring (bicyclic) bond motifs is 1. The van der Waals surface area contributed by atoms with Crippen LogP contribution in [0.15, 0.2) is 12.1 Å². The van der Waals surface area contributed by atoms with Crippen molar-refractivity contribution in [3.8, 4) is 11.5 Å². The second-order valence-electron chi connectivity index (χ2n) is 5.53. The first-order valence-electron chi connectivity index (χ1n) is 7.47. The van der Waals surface area contributed by atoms with E-state index in [4.69, 9.17) is 9.47 Å². The summed E-state index contributed by atoms with van der Waals surface area (Å²) in [5, 5.41) is 3.19. The summed E-state index contributed by atoms with van der Waals surface area (Å²) in [6.07, 6.45) is -3.72. The largest absolute Gasteiger partial charge is 0.490 e. The highest BCUT2D eigenvalue weighted by Crippen LogP contribution is 2.40. The Morgan fingerprint density at radius 3 is 2.32 bits per heavy atom. The van der Waals surface area contributed by atoms with E-state index in [1.165, 1.54) is 6.07 Å². The molecule has 3 rings (SSSR count). The summed E-state index contributed by atoms with van der Waals surface area (Å²) in [5.41, 5.74) is -0.381. The van der Waals surface area contributed by atoms with E-state index in [0.29, 0.717) is 25.4 Å². The standard InChI is InChI=1S/C15H19F3N2O2/c16-15(17,18)12-9-14-13(21-6-1-7-22-14)8-11(12)10-20-4-2-19-3-5-20/h8-9,19H,1-7,10H2. The maximum absolute atomic E-state index is 13.3. The van der Waals surface area contributed by atoms with Crippen LogP contribution in [0, 0.1) is 0 Å². The molecular formula is C15H19F3N2O2. The SMILES string of the molecule is FC(F)(F)c1cc2c(cc1CN1CCNCC1)OCCCO2. The minimum Gasteiger partial charge on any atom is -0.490 e. The Balaban J connectivity index is 1.93. The van der Waals surface area contributed by atoms with Crippen LogP contribution < -0.4 is 14.8 Å². The first kappa shape index (κ1) is 15.4. The molecule has 0 atom stereocenters. The average molecular weight is 316 g/mol. The molecular weight excluding hydrogens is 297 g/mol. The zero-order valence-electron chi connectivity index (χ0n) is 12.2. The summed E-state index contributed by atoms with van der Waals surface area (Å²) >= 11 is 0. The van der Waals surface area contributed by atoms with Gasteiger partial charge in [-0.25, -0.2) is 0 Å². The monoisotopic (exact) mass is 316 g/mol. The molecule has 1 aromatic rings. The Morgan fingerprint density at radius 1 is 1.05 bits per heavy atom. The van der Waals surface area contributed by atoms with Gasteiger partial charge in [-0.2, -0.15) is 13.2 Å². The van der Waals surface area contributed by atoms with Crippen molar-refractivity contribution in [2.75, 3.05) is 39.4 Å². The van der Waals surface area contributed by atoms with Gasteiger partial charge in [-0.1, -0.05) is 0 Å². The van der Waals surface area contributed by atoms with Crippen molar-refractivity contribution in [3.05, 3.63) is 23.3 Å². The molecule has 0 amide bonds. The van der Waals surface area contributed by atoms with Crippen LogP contribution in [0.5, 0.6) is 11.5 Å². The van der Waals surface area contributed by atoms with E-state index in [2.05, 4.69) is 5.32 Å². The highest BCUT2D eigenvalue weighted by Gasteiger charge is 2.35. The molecule has 2 heterocycles.